The van der Waals surface area contributed by atoms with E-state index in [-0.39, 0.29) is 6.10 Å². The van der Waals surface area contributed by atoms with Gasteiger partial charge in [0, 0.05) is 26.7 Å². The number of anilines is 2. The van der Waals surface area contributed by atoms with Gasteiger partial charge in [-0.3, -0.25) is 0 Å². The van der Waals surface area contributed by atoms with Gasteiger partial charge in [-0.2, -0.15) is 15.0 Å². The maximum absolute atomic E-state index is 5.63. The van der Waals surface area contributed by atoms with Gasteiger partial charge in [0.15, 0.2) is 0 Å². The Balaban J connectivity index is 2.23. The van der Waals surface area contributed by atoms with Crippen LogP contribution in [0.3, 0.4) is 0 Å². The van der Waals surface area contributed by atoms with Gasteiger partial charge in [-0.15, -0.1) is 0 Å². The van der Waals surface area contributed by atoms with Crippen molar-refractivity contribution >= 4 is 11.9 Å². The normalized spacial score (nSPS) is 19.9. The molecular formula is C12H21N5O2. The molecule has 1 atom stereocenters. The lowest BCUT2D eigenvalue weighted by atomic mass is 10.3. The summed E-state index contributed by atoms with van der Waals surface area (Å²) in [6.45, 7) is 6.93. The molecule has 0 aliphatic carbocycles. The van der Waals surface area contributed by atoms with Crippen LogP contribution in [0.5, 0.6) is 6.01 Å². The summed E-state index contributed by atoms with van der Waals surface area (Å²) in [5.41, 5.74) is 0. The van der Waals surface area contributed by atoms with Crippen LogP contribution in [0, 0.1) is 0 Å². The van der Waals surface area contributed by atoms with Crippen molar-refractivity contribution in [3.63, 3.8) is 0 Å². The topological polar surface area (TPSA) is 72.4 Å². The van der Waals surface area contributed by atoms with Crippen LogP contribution in [-0.4, -0.2) is 54.4 Å². The van der Waals surface area contributed by atoms with Gasteiger partial charge in [0.05, 0.1) is 12.7 Å². The van der Waals surface area contributed by atoms with E-state index in [1.807, 2.05) is 6.92 Å². The van der Waals surface area contributed by atoms with Crippen molar-refractivity contribution in [2.45, 2.75) is 26.4 Å². The smallest absolute Gasteiger partial charge is 0.323 e. The zero-order chi connectivity index (χ0) is 13.7. The van der Waals surface area contributed by atoms with Gasteiger partial charge in [0.1, 0.15) is 0 Å². The molecule has 0 bridgehead atoms. The van der Waals surface area contributed by atoms with E-state index in [2.05, 4.69) is 32.1 Å². The highest BCUT2D eigenvalue weighted by Gasteiger charge is 2.19. The summed E-state index contributed by atoms with van der Waals surface area (Å²) in [5, 5.41) is 2.93. The Morgan fingerprint density at radius 3 is 3.00 bits per heavy atom. The second-order valence-electron chi connectivity index (χ2n) is 4.41. The fourth-order valence-electron chi connectivity index (χ4n) is 1.97. The Hall–Kier alpha value is -1.63. The number of rotatable bonds is 4. The first-order valence-electron chi connectivity index (χ1n) is 6.66. The molecule has 1 aliphatic heterocycles. The summed E-state index contributed by atoms with van der Waals surface area (Å²) in [6, 6.07) is 0.356. The number of ether oxygens (including phenoxy) is 2. The summed E-state index contributed by atoms with van der Waals surface area (Å²) in [7, 11) is 1.78. The van der Waals surface area contributed by atoms with Gasteiger partial charge in [0.25, 0.3) is 0 Å². The Bertz CT molecular complexity index is 415. The van der Waals surface area contributed by atoms with Crippen molar-refractivity contribution in [2.24, 2.45) is 0 Å². The minimum Gasteiger partial charge on any atom is -0.464 e. The molecule has 2 rings (SSSR count). The fourth-order valence-corrected chi connectivity index (χ4v) is 1.97. The van der Waals surface area contributed by atoms with Crippen LogP contribution in [0.25, 0.3) is 0 Å². The first-order valence-corrected chi connectivity index (χ1v) is 6.66. The van der Waals surface area contributed by atoms with Crippen LogP contribution in [0.2, 0.25) is 0 Å². The summed E-state index contributed by atoms with van der Waals surface area (Å²) in [4.78, 5) is 15.0. The summed E-state index contributed by atoms with van der Waals surface area (Å²) in [5.74, 6) is 1.16. The number of hydrogen-bond acceptors (Lipinski definition) is 7. The van der Waals surface area contributed by atoms with Crippen molar-refractivity contribution in [1.29, 1.82) is 0 Å². The Morgan fingerprint density at radius 2 is 2.26 bits per heavy atom. The predicted molar refractivity (Wildman–Crippen MR) is 72.8 cm³/mol. The molecule has 1 aliphatic rings. The van der Waals surface area contributed by atoms with E-state index >= 15 is 0 Å². The minimum absolute atomic E-state index is 0.174. The highest BCUT2D eigenvalue weighted by atomic mass is 16.5. The third kappa shape index (κ3) is 3.66. The standard InChI is InChI=1S/C12H21N5O2/c1-4-18-12-15-10(13-3)14-11(16-12)17-6-5-7-19-9(2)8-17/h9H,4-8H2,1-3H3,(H,13,14,15,16). The van der Waals surface area contributed by atoms with Crippen molar-refractivity contribution in [1.82, 2.24) is 15.0 Å². The third-order valence-electron chi connectivity index (χ3n) is 2.84. The molecule has 1 aromatic heterocycles. The van der Waals surface area contributed by atoms with Gasteiger partial charge in [0.2, 0.25) is 11.9 Å². The predicted octanol–water partition coefficient (Wildman–Crippen LogP) is 0.927. The monoisotopic (exact) mass is 267 g/mol. The lowest BCUT2D eigenvalue weighted by molar-refractivity contribution is 0.0820. The van der Waals surface area contributed by atoms with Crippen molar-refractivity contribution < 1.29 is 9.47 Å². The number of hydrogen-bond donors (Lipinski definition) is 1. The Labute approximate surface area is 113 Å². The Kier molecular flexibility index (Phi) is 4.73. The average Bonchev–Trinajstić information content (AvgIpc) is 2.63. The molecule has 2 heterocycles. The quantitative estimate of drug-likeness (QED) is 0.869. The van der Waals surface area contributed by atoms with Gasteiger partial charge >= 0.3 is 6.01 Å². The van der Waals surface area contributed by atoms with E-state index < -0.39 is 0 Å². The minimum atomic E-state index is 0.174. The molecule has 1 N–H and O–H groups in total. The summed E-state index contributed by atoms with van der Waals surface area (Å²) < 4.78 is 11.0. The average molecular weight is 267 g/mol. The zero-order valence-corrected chi connectivity index (χ0v) is 11.7. The lowest BCUT2D eigenvalue weighted by Gasteiger charge is -2.22. The molecule has 106 valence electrons. The second-order valence-corrected chi connectivity index (χ2v) is 4.41. The van der Waals surface area contributed by atoms with Crippen molar-refractivity contribution in [3.8, 4) is 6.01 Å². The largest absolute Gasteiger partial charge is 0.464 e. The number of nitrogens with zero attached hydrogens (tertiary/aromatic N) is 4. The van der Waals surface area contributed by atoms with E-state index in [4.69, 9.17) is 9.47 Å². The molecule has 0 saturated carbocycles. The van der Waals surface area contributed by atoms with E-state index in [0.717, 1.165) is 26.1 Å². The van der Waals surface area contributed by atoms with Gasteiger partial charge in [-0.25, -0.2) is 0 Å². The summed E-state index contributed by atoms with van der Waals surface area (Å²) >= 11 is 0. The summed E-state index contributed by atoms with van der Waals surface area (Å²) in [6.07, 6.45) is 1.14. The number of nitrogens with one attached hydrogen (secondary N) is 1. The van der Waals surface area contributed by atoms with Crippen LogP contribution in [0.4, 0.5) is 11.9 Å². The second kappa shape index (κ2) is 6.51. The van der Waals surface area contributed by atoms with Crippen LogP contribution in [0.15, 0.2) is 0 Å². The molecule has 7 nitrogen and oxygen atoms in total. The molecule has 1 saturated heterocycles. The van der Waals surface area contributed by atoms with Gasteiger partial charge in [-0.1, -0.05) is 0 Å². The van der Waals surface area contributed by atoms with Crippen LogP contribution in [-0.2, 0) is 4.74 Å². The zero-order valence-electron chi connectivity index (χ0n) is 11.7. The van der Waals surface area contributed by atoms with E-state index in [1.165, 1.54) is 0 Å². The van der Waals surface area contributed by atoms with Crippen molar-refractivity contribution in [2.75, 3.05) is 43.6 Å². The van der Waals surface area contributed by atoms with E-state index in [0.29, 0.717) is 24.5 Å². The SMILES string of the molecule is CCOc1nc(NC)nc(N2CCCOC(C)C2)n1. The molecule has 1 aromatic rings. The molecular weight excluding hydrogens is 246 g/mol. The third-order valence-corrected chi connectivity index (χ3v) is 2.84. The molecule has 1 fully saturated rings. The molecule has 19 heavy (non-hydrogen) atoms. The molecule has 1 unspecified atom stereocenters. The van der Waals surface area contributed by atoms with E-state index in [9.17, 15) is 0 Å². The first kappa shape index (κ1) is 13.8. The molecule has 0 aromatic carbocycles. The highest BCUT2D eigenvalue weighted by Crippen LogP contribution is 2.17. The first-order chi connectivity index (χ1) is 9.22. The van der Waals surface area contributed by atoms with Crippen LogP contribution < -0.4 is 15.0 Å². The van der Waals surface area contributed by atoms with E-state index in [1.54, 1.807) is 7.05 Å². The number of aromatic nitrogens is 3. The van der Waals surface area contributed by atoms with Crippen LogP contribution in [0.1, 0.15) is 20.3 Å². The maximum atomic E-state index is 5.63. The molecule has 0 amide bonds. The van der Waals surface area contributed by atoms with Gasteiger partial charge < -0.3 is 19.7 Å². The maximum Gasteiger partial charge on any atom is 0.323 e. The van der Waals surface area contributed by atoms with Crippen molar-refractivity contribution in [3.05, 3.63) is 0 Å². The van der Waals surface area contributed by atoms with Crippen LogP contribution >= 0.6 is 0 Å². The molecule has 0 spiro atoms. The molecule has 7 heteroatoms. The Morgan fingerprint density at radius 1 is 1.42 bits per heavy atom. The molecule has 0 radical (unpaired) electrons. The lowest BCUT2D eigenvalue weighted by Crippen LogP contribution is -2.32. The van der Waals surface area contributed by atoms with Gasteiger partial charge in [-0.05, 0) is 20.3 Å². The highest BCUT2D eigenvalue weighted by molar-refractivity contribution is 5.38. The fraction of sp³-hybridized carbons (Fsp3) is 0.750.